The lowest BCUT2D eigenvalue weighted by Gasteiger charge is -2.13. The normalized spacial score (nSPS) is 25.1. The second-order valence-electron chi connectivity index (χ2n) is 4.23. The smallest absolute Gasteiger partial charge is 0.198 e. The minimum atomic E-state index is -1.29. The molecule has 0 spiro atoms. The molecule has 4 nitrogen and oxygen atoms in total. The number of hydrogen-bond donors (Lipinski definition) is 2. The topological polar surface area (TPSA) is 74.6 Å². The Morgan fingerprint density at radius 1 is 1.44 bits per heavy atom. The molecular formula is C12H16O4. The summed E-state index contributed by atoms with van der Waals surface area (Å²) in [6.07, 6.45) is -0.270. The third-order valence-electron chi connectivity index (χ3n) is 2.74. The van der Waals surface area contributed by atoms with Gasteiger partial charge in [-0.2, -0.15) is 0 Å². The highest BCUT2D eigenvalue weighted by atomic mass is 16.3. The van der Waals surface area contributed by atoms with Crippen LogP contribution in [0.5, 0.6) is 0 Å². The van der Waals surface area contributed by atoms with Crippen LogP contribution in [0.2, 0.25) is 0 Å². The maximum atomic E-state index is 11.5. The van der Waals surface area contributed by atoms with Gasteiger partial charge in [-0.05, 0) is 26.7 Å². The van der Waals surface area contributed by atoms with Crippen LogP contribution in [0.25, 0.3) is 0 Å². The fourth-order valence-electron chi connectivity index (χ4n) is 1.84. The number of Topliss-reactive ketones (excluding diaryl/α,β-unsaturated/α-hetero) is 2. The minimum absolute atomic E-state index is 0.251. The molecule has 0 radical (unpaired) electrons. The molecular weight excluding hydrogens is 208 g/mol. The molecule has 4 heteroatoms. The molecule has 2 atom stereocenters. The van der Waals surface area contributed by atoms with Crippen molar-refractivity contribution in [3.63, 3.8) is 0 Å². The molecule has 0 aromatic carbocycles. The van der Waals surface area contributed by atoms with E-state index in [1.54, 1.807) is 0 Å². The van der Waals surface area contributed by atoms with Crippen molar-refractivity contribution in [2.45, 2.75) is 32.8 Å². The van der Waals surface area contributed by atoms with Gasteiger partial charge >= 0.3 is 0 Å². The van der Waals surface area contributed by atoms with Gasteiger partial charge in [-0.3, -0.25) is 9.59 Å². The van der Waals surface area contributed by atoms with E-state index in [9.17, 15) is 19.8 Å². The number of rotatable bonds is 4. The van der Waals surface area contributed by atoms with Crippen LogP contribution < -0.4 is 0 Å². The van der Waals surface area contributed by atoms with E-state index in [0.717, 1.165) is 5.57 Å². The summed E-state index contributed by atoms with van der Waals surface area (Å²) < 4.78 is 0. The van der Waals surface area contributed by atoms with Crippen LogP contribution >= 0.6 is 0 Å². The van der Waals surface area contributed by atoms with Gasteiger partial charge < -0.3 is 10.2 Å². The number of ketones is 2. The monoisotopic (exact) mass is 224 g/mol. The van der Waals surface area contributed by atoms with Crippen molar-refractivity contribution in [1.29, 1.82) is 0 Å². The summed E-state index contributed by atoms with van der Waals surface area (Å²) in [5.41, 5.74) is 0.655. The number of allylic oxidation sites excluding steroid dienone is 1. The average molecular weight is 224 g/mol. The number of carbonyl (C=O) groups is 2. The summed E-state index contributed by atoms with van der Waals surface area (Å²) in [5, 5.41) is 19.3. The summed E-state index contributed by atoms with van der Waals surface area (Å²) >= 11 is 0. The van der Waals surface area contributed by atoms with Gasteiger partial charge in [0.1, 0.15) is 17.4 Å². The van der Waals surface area contributed by atoms with Gasteiger partial charge in [0.05, 0.1) is 5.92 Å². The van der Waals surface area contributed by atoms with Gasteiger partial charge in [-0.15, -0.1) is 6.58 Å². The maximum absolute atomic E-state index is 11.5. The first-order valence-corrected chi connectivity index (χ1v) is 5.17. The summed E-state index contributed by atoms with van der Waals surface area (Å²) in [6.45, 7) is 6.74. The van der Waals surface area contributed by atoms with E-state index < -0.39 is 23.6 Å². The maximum Gasteiger partial charge on any atom is 0.198 e. The molecule has 0 bridgehead atoms. The average Bonchev–Trinajstić information content (AvgIpc) is 2.36. The van der Waals surface area contributed by atoms with Crippen molar-refractivity contribution in [3.05, 3.63) is 23.5 Å². The van der Waals surface area contributed by atoms with Crippen LogP contribution in [0.15, 0.2) is 23.5 Å². The lowest BCUT2D eigenvalue weighted by molar-refractivity contribution is -0.126. The van der Waals surface area contributed by atoms with E-state index in [4.69, 9.17) is 0 Å². The molecule has 0 aliphatic heterocycles. The van der Waals surface area contributed by atoms with Crippen LogP contribution in [0.1, 0.15) is 26.7 Å². The zero-order valence-electron chi connectivity index (χ0n) is 9.49. The molecule has 1 rings (SSSR count). The van der Waals surface area contributed by atoms with Gasteiger partial charge in [0, 0.05) is 0 Å². The van der Waals surface area contributed by atoms with Crippen molar-refractivity contribution in [2.75, 3.05) is 0 Å². The number of aliphatic hydroxyl groups is 2. The molecule has 2 unspecified atom stereocenters. The van der Waals surface area contributed by atoms with Crippen LogP contribution in [0.3, 0.4) is 0 Å². The number of hydrogen-bond acceptors (Lipinski definition) is 4. The highest BCUT2D eigenvalue weighted by molar-refractivity contribution is 6.23. The SMILES string of the molecule is C=C(C)CCC1C(O)=C(C(C)=O)C(=O)C1O. The Morgan fingerprint density at radius 3 is 2.38 bits per heavy atom. The molecule has 0 saturated carbocycles. The Bertz CT molecular complexity index is 378. The van der Waals surface area contributed by atoms with Gasteiger partial charge in [-0.25, -0.2) is 0 Å². The Labute approximate surface area is 94.3 Å². The van der Waals surface area contributed by atoms with E-state index in [1.807, 2.05) is 6.92 Å². The largest absolute Gasteiger partial charge is 0.511 e. The first-order chi connectivity index (χ1) is 7.36. The van der Waals surface area contributed by atoms with Crippen molar-refractivity contribution in [3.8, 4) is 0 Å². The Balaban J connectivity index is 2.91. The first-order valence-electron chi connectivity index (χ1n) is 5.17. The van der Waals surface area contributed by atoms with E-state index >= 15 is 0 Å². The molecule has 0 saturated heterocycles. The van der Waals surface area contributed by atoms with Gasteiger partial charge in [0.2, 0.25) is 0 Å². The fraction of sp³-hybridized carbons (Fsp3) is 0.500. The lowest BCUT2D eigenvalue weighted by atomic mass is 9.96. The van der Waals surface area contributed by atoms with Crippen LogP contribution in [0, 0.1) is 5.92 Å². The molecule has 0 heterocycles. The molecule has 88 valence electrons. The van der Waals surface area contributed by atoms with Crippen molar-refractivity contribution < 1.29 is 19.8 Å². The summed E-state index contributed by atoms with van der Waals surface area (Å²) in [5.74, 6) is -2.11. The van der Waals surface area contributed by atoms with Crippen LogP contribution in [-0.2, 0) is 9.59 Å². The Morgan fingerprint density at radius 2 is 2.00 bits per heavy atom. The second kappa shape index (κ2) is 4.61. The number of aliphatic hydroxyl groups excluding tert-OH is 2. The fourth-order valence-corrected chi connectivity index (χ4v) is 1.84. The number of carbonyl (C=O) groups excluding carboxylic acids is 2. The molecule has 0 amide bonds. The van der Waals surface area contributed by atoms with E-state index in [1.165, 1.54) is 6.92 Å². The predicted octanol–water partition coefficient (Wildman–Crippen LogP) is 1.30. The quantitative estimate of drug-likeness (QED) is 0.557. The molecule has 1 aliphatic rings. The van der Waals surface area contributed by atoms with Crippen LogP contribution in [0.4, 0.5) is 0 Å². The van der Waals surface area contributed by atoms with E-state index in [0.29, 0.717) is 12.8 Å². The van der Waals surface area contributed by atoms with Crippen molar-refractivity contribution in [2.24, 2.45) is 5.92 Å². The van der Waals surface area contributed by atoms with Crippen molar-refractivity contribution >= 4 is 11.6 Å². The molecule has 0 aromatic heterocycles. The molecule has 0 fully saturated rings. The highest BCUT2D eigenvalue weighted by Crippen LogP contribution is 2.32. The minimum Gasteiger partial charge on any atom is -0.511 e. The zero-order valence-corrected chi connectivity index (χ0v) is 9.49. The molecule has 0 aromatic rings. The summed E-state index contributed by atoms with van der Waals surface area (Å²) in [4.78, 5) is 22.6. The molecule has 2 N–H and O–H groups in total. The van der Waals surface area contributed by atoms with Gasteiger partial charge in [0.15, 0.2) is 11.6 Å². The Kier molecular flexibility index (Phi) is 3.65. The van der Waals surface area contributed by atoms with Crippen molar-refractivity contribution in [1.82, 2.24) is 0 Å². The predicted molar refractivity (Wildman–Crippen MR) is 58.9 cm³/mol. The van der Waals surface area contributed by atoms with Gasteiger partial charge in [0.25, 0.3) is 0 Å². The summed E-state index contributed by atoms with van der Waals surface area (Å²) in [6, 6.07) is 0. The zero-order chi connectivity index (χ0) is 12.5. The standard InChI is InChI=1S/C12H16O4/c1-6(2)4-5-8-10(14)9(7(3)13)12(16)11(8)15/h8,11,14-15H,1,4-5H2,2-3H3. The molecule has 16 heavy (non-hydrogen) atoms. The third-order valence-corrected chi connectivity index (χ3v) is 2.74. The first kappa shape index (κ1) is 12.6. The highest BCUT2D eigenvalue weighted by Gasteiger charge is 2.42. The second-order valence-corrected chi connectivity index (χ2v) is 4.23. The third kappa shape index (κ3) is 2.22. The van der Waals surface area contributed by atoms with Crippen LogP contribution in [-0.4, -0.2) is 27.9 Å². The van der Waals surface area contributed by atoms with Gasteiger partial charge in [-0.1, -0.05) is 5.57 Å². The molecule has 1 aliphatic carbocycles. The van der Waals surface area contributed by atoms with E-state index in [2.05, 4.69) is 6.58 Å². The van der Waals surface area contributed by atoms with E-state index in [-0.39, 0.29) is 11.3 Å². The lowest BCUT2D eigenvalue weighted by Crippen LogP contribution is -2.24. The summed E-state index contributed by atoms with van der Waals surface area (Å²) in [7, 11) is 0. The Hall–Kier alpha value is -1.42.